The maximum atomic E-state index is 2.50. The van der Waals surface area contributed by atoms with E-state index in [1.807, 2.05) is 0 Å². The number of fused-ring (bicyclic) bond motifs is 9. The van der Waals surface area contributed by atoms with Gasteiger partial charge in [0.25, 0.3) is 0 Å². The van der Waals surface area contributed by atoms with E-state index < -0.39 is 8.07 Å². The summed E-state index contributed by atoms with van der Waals surface area (Å²) >= 11 is 0. The van der Waals surface area contributed by atoms with Gasteiger partial charge in [0.15, 0.2) is 8.07 Å². The molecule has 14 rings (SSSR count). The second-order valence-corrected chi connectivity index (χ2v) is 22.2. The van der Waals surface area contributed by atoms with Gasteiger partial charge in [-0.3, -0.25) is 0 Å². The third-order valence-corrected chi connectivity index (χ3v) is 19.5. The lowest BCUT2D eigenvalue weighted by molar-refractivity contribution is 1.16. The van der Waals surface area contributed by atoms with Crippen molar-refractivity contribution in [2.75, 3.05) is 0 Å². The second-order valence-electron chi connectivity index (χ2n) is 18.4. The Morgan fingerprint density at radius 2 is 0.686 bits per heavy atom. The summed E-state index contributed by atoms with van der Waals surface area (Å²) in [6.45, 7) is 0. The highest BCUT2D eigenvalue weighted by Crippen LogP contribution is 2.42. The van der Waals surface area contributed by atoms with Crippen molar-refractivity contribution in [1.82, 2.24) is 13.7 Å². The van der Waals surface area contributed by atoms with E-state index in [-0.39, 0.29) is 0 Å². The Balaban J connectivity index is 1.02. The summed E-state index contributed by atoms with van der Waals surface area (Å²) in [5.74, 6) is 0. The van der Waals surface area contributed by atoms with Gasteiger partial charge < -0.3 is 13.7 Å². The third kappa shape index (κ3) is 6.00. The fourth-order valence-electron chi connectivity index (χ4n) is 11.8. The molecule has 0 aliphatic carbocycles. The Bertz CT molecular complexity index is 4130. The van der Waals surface area contributed by atoms with Gasteiger partial charge in [-0.05, 0) is 98.6 Å². The van der Waals surface area contributed by atoms with Gasteiger partial charge in [0.2, 0.25) is 0 Å². The predicted octanol–water partition coefficient (Wildman–Crippen LogP) is 14.0. The van der Waals surface area contributed by atoms with E-state index in [1.165, 1.54) is 103 Å². The first-order valence-corrected chi connectivity index (χ1v) is 26.2. The van der Waals surface area contributed by atoms with Crippen molar-refractivity contribution >= 4 is 94.2 Å². The molecule has 3 heterocycles. The minimum Gasteiger partial charge on any atom is -0.309 e. The zero-order valence-corrected chi connectivity index (χ0v) is 39.3. The lowest BCUT2D eigenvalue weighted by Gasteiger charge is -2.34. The molecule has 3 nitrogen and oxygen atoms in total. The van der Waals surface area contributed by atoms with Gasteiger partial charge in [-0.25, -0.2) is 0 Å². The van der Waals surface area contributed by atoms with E-state index in [1.54, 1.807) is 0 Å². The Morgan fingerprint density at radius 3 is 1.30 bits per heavy atom. The lowest BCUT2D eigenvalue weighted by Crippen LogP contribution is -2.74. The quantitative estimate of drug-likeness (QED) is 0.107. The van der Waals surface area contributed by atoms with Gasteiger partial charge in [-0.15, -0.1) is 0 Å². The molecular formula is C66H45N3Si. The van der Waals surface area contributed by atoms with Gasteiger partial charge in [0.05, 0.1) is 38.8 Å². The van der Waals surface area contributed by atoms with Crippen molar-refractivity contribution in [3.8, 4) is 28.2 Å². The Labute approximate surface area is 407 Å². The highest BCUT2D eigenvalue weighted by molar-refractivity contribution is 7.19. The summed E-state index contributed by atoms with van der Waals surface area (Å²) in [6.07, 6.45) is 0. The maximum Gasteiger partial charge on any atom is 0.179 e. The molecule has 0 fully saturated rings. The molecule has 328 valence electrons. The van der Waals surface area contributed by atoms with E-state index in [9.17, 15) is 0 Å². The topological polar surface area (TPSA) is 14.8 Å². The van der Waals surface area contributed by atoms with Gasteiger partial charge in [0, 0.05) is 43.7 Å². The van der Waals surface area contributed by atoms with Crippen LogP contribution in [0.1, 0.15) is 0 Å². The number of hydrogen-bond donors (Lipinski definition) is 0. The molecule has 0 aliphatic rings. The van der Waals surface area contributed by atoms with Crippen LogP contribution in [-0.4, -0.2) is 21.8 Å². The number of aromatic nitrogens is 3. The highest BCUT2D eigenvalue weighted by Gasteiger charge is 2.41. The monoisotopic (exact) mass is 907 g/mol. The molecule has 14 aromatic rings. The number of benzene rings is 11. The molecule has 0 spiro atoms. The first-order valence-electron chi connectivity index (χ1n) is 24.2. The average Bonchev–Trinajstić information content (AvgIpc) is 4.08. The van der Waals surface area contributed by atoms with E-state index in [4.69, 9.17) is 0 Å². The molecule has 11 aromatic carbocycles. The molecule has 0 radical (unpaired) electrons. The summed E-state index contributed by atoms with van der Waals surface area (Å²) in [7, 11) is -2.78. The van der Waals surface area contributed by atoms with E-state index >= 15 is 0 Å². The van der Waals surface area contributed by atoms with Gasteiger partial charge in [-0.1, -0.05) is 206 Å². The fourth-order valence-corrected chi connectivity index (χ4v) is 16.6. The normalized spacial score (nSPS) is 12.0. The van der Waals surface area contributed by atoms with Gasteiger partial charge in [0.1, 0.15) is 0 Å². The molecule has 0 saturated carbocycles. The Morgan fingerprint density at radius 1 is 0.229 bits per heavy atom. The van der Waals surface area contributed by atoms with Crippen LogP contribution < -0.4 is 20.7 Å². The summed E-state index contributed by atoms with van der Waals surface area (Å²) in [5, 5.41) is 12.8. The Kier molecular flexibility index (Phi) is 9.23. The summed E-state index contributed by atoms with van der Waals surface area (Å²) in [4.78, 5) is 0. The molecule has 3 aromatic heterocycles. The first-order chi connectivity index (χ1) is 34.8. The van der Waals surface area contributed by atoms with Crippen molar-refractivity contribution in [2.45, 2.75) is 0 Å². The molecule has 0 atom stereocenters. The van der Waals surface area contributed by atoms with Crippen LogP contribution in [0.15, 0.2) is 273 Å². The minimum atomic E-state index is -2.78. The van der Waals surface area contributed by atoms with Crippen molar-refractivity contribution < 1.29 is 0 Å². The number of para-hydroxylation sites is 3. The summed E-state index contributed by atoms with van der Waals surface area (Å²) < 4.78 is 7.45. The lowest BCUT2D eigenvalue weighted by atomic mass is 10.0. The van der Waals surface area contributed by atoms with E-state index in [2.05, 4.69) is 287 Å². The van der Waals surface area contributed by atoms with E-state index in [0.29, 0.717) is 0 Å². The minimum absolute atomic E-state index is 1.12. The number of nitrogens with zero attached hydrogens (tertiary/aromatic N) is 3. The molecule has 4 heteroatoms. The molecule has 0 amide bonds. The largest absolute Gasteiger partial charge is 0.309 e. The van der Waals surface area contributed by atoms with Gasteiger partial charge >= 0.3 is 0 Å². The third-order valence-electron chi connectivity index (χ3n) is 14.8. The second kappa shape index (κ2) is 16.1. The van der Waals surface area contributed by atoms with Crippen LogP contribution in [-0.2, 0) is 0 Å². The van der Waals surface area contributed by atoms with Crippen LogP contribution >= 0.6 is 0 Å². The van der Waals surface area contributed by atoms with Crippen LogP contribution in [0.5, 0.6) is 0 Å². The van der Waals surface area contributed by atoms with Crippen LogP contribution in [0, 0.1) is 0 Å². The zero-order chi connectivity index (χ0) is 46.2. The van der Waals surface area contributed by atoms with Crippen LogP contribution in [0.4, 0.5) is 0 Å². The summed E-state index contributed by atoms with van der Waals surface area (Å²) in [5.41, 5.74) is 12.9. The van der Waals surface area contributed by atoms with Crippen molar-refractivity contribution in [3.05, 3.63) is 273 Å². The van der Waals surface area contributed by atoms with E-state index in [0.717, 1.165) is 11.4 Å². The number of rotatable bonds is 8. The maximum absolute atomic E-state index is 2.78. The summed E-state index contributed by atoms with van der Waals surface area (Å²) in [6, 6.07) is 101. The van der Waals surface area contributed by atoms with Crippen molar-refractivity contribution in [3.63, 3.8) is 0 Å². The highest BCUT2D eigenvalue weighted by atomic mass is 28.3. The molecule has 0 aliphatic heterocycles. The molecule has 70 heavy (non-hydrogen) atoms. The standard InChI is InChI=1S/C66H45N3Si/c1-5-21-46(22-6-1)47-39-41-57-65(43-47)68(63-37-20-38-64(66(57)63)69-60-35-17-13-31-54(60)55-32-14-18-36-61(55)69)49-40-42-62-58(45-49)56-33-15-16-34-59(56)67(62)48-23-19-30-53(44-48)70(50-24-7-2-8-25-50,51-26-9-3-10-27-51)52-28-11-4-12-29-52/h1-45H. The first kappa shape index (κ1) is 40.1. The van der Waals surface area contributed by atoms with Crippen LogP contribution in [0.25, 0.3) is 93.6 Å². The van der Waals surface area contributed by atoms with Crippen LogP contribution in [0.3, 0.4) is 0 Å². The van der Waals surface area contributed by atoms with Gasteiger partial charge in [-0.2, -0.15) is 0 Å². The fraction of sp³-hybridized carbons (Fsp3) is 0. The molecule has 0 saturated heterocycles. The Hall–Kier alpha value is -8.96. The number of hydrogen-bond acceptors (Lipinski definition) is 0. The molecular weight excluding hydrogens is 863 g/mol. The van der Waals surface area contributed by atoms with Crippen molar-refractivity contribution in [2.24, 2.45) is 0 Å². The van der Waals surface area contributed by atoms with Crippen LogP contribution in [0.2, 0.25) is 0 Å². The molecule has 0 unspecified atom stereocenters. The molecule has 0 bridgehead atoms. The van der Waals surface area contributed by atoms with Crippen molar-refractivity contribution in [1.29, 1.82) is 0 Å². The average molecular weight is 908 g/mol. The zero-order valence-electron chi connectivity index (χ0n) is 38.3. The predicted molar refractivity (Wildman–Crippen MR) is 299 cm³/mol. The SMILES string of the molecule is c1ccc(-c2ccc3c4c(-n5c6ccccc6c6ccccc65)cccc4n(-c4ccc5c(c4)c4ccccc4n5-c4cccc([Si](c5ccccc5)(c5ccccc5)c5ccccc5)c4)c3c2)cc1. The molecule has 0 N–H and O–H groups in total. The smallest absolute Gasteiger partial charge is 0.179 e.